The van der Waals surface area contributed by atoms with Gasteiger partial charge in [0.05, 0.1) is 10.6 Å². The van der Waals surface area contributed by atoms with Gasteiger partial charge < -0.3 is 0 Å². The van der Waals surface area contributed by atoms with Crippen LogP contribution in [0.5, 0.6) is 0 Å². The van der Waals surface area contributed by atoms with Crippen LogP contribution < -0.4 is 4.72 Å². The minimum absolute atomic E-state index is 0.189. The Labute approximate surface area is 182 Å². The van der Waals surface area contributed by atoms with Gasteiger partial charge in [-0.25, -0.2) is 17.7 Å². The summed E-state index contributed by atoms with van der Waals surface area (Å²) in [6.07, 6.45) is 0.546. The Morgan fingerprint density at radius 1 is 1.03 bits per heavy atom. The lowest BCUT2D eigenvalue weighted by atomic mass is 10.2. The van der Waals surface area contributed by atoms with Crippen LogP contribution in [0.15, 0.2) is 53.4 Å². The van der Waals surface area contributed by atoms with Gasteiger partial charge in [-0.3, -0.25) is 0 Å². The highest BCUT2D eigenvalue weighted by atomic mass is 35.5. The maximum atomic E-state index is 12.4. The molecule has 2 aromatic carbocycles. The third-order valence-electron chi connectivity index (χ3n) is 4.38. The number of fused-ring (bicyclic) bond motifs is 1. The fraction of sp³-hybridized carbons (Fsp3) is 0.158. The first kappa shape index (κ1) is 20.3. The molecule has 1 N–H and O–H groups in total. The van der Waals surface area contributed by atoms with E-state index in [1.165, 1.54) is 23.5 Å². The van der Waals surface area contributed by atoms with E-state index in [1.807, 2.05) is 19.1 Å². The molecule has 10 heteroatoms. The van der Waals surface area contributed by atoms with Gasteiger partial charge in [-0.1, -0.05) is 34.5 Å². The Bertz CT molecular complexity index is 1260. The SMILES string of the molecule is Cc1c(CCNS(=O)(=O)c2ccc(Cl)cc2)sc2nc(-c3ccc(Cl)cc3)nn12. The second kappa shape index (κ2) is 8.04. The quantitative estimate of drug-likeness (QED) is 0.450. The fourth-order valence-electron chi connectivity index (χ4n) is 2.83. The Morgan fingerprint density at radius 3 is 2.28 bits per heavy atom. The number of aryl methyl sites for hydroxylation is 1. The zero-order chi connectivity index (χ0) is 20.6. The molecule has 0 spiro atoms. The summed E-state index contributed by atoms with van der Waals surface area (Å²) in [5.41, 5.74) is 1.84. The lowest BCUT2D eigenvalue weighted by molar-refractivity contribution is 0.581. The normalized spacial score (nSPS) is 12.0. The number of halogens is 2. The van der Waals surface area contributed by atoms with Crippen LogP contribution >= 0.6 is 34.5 Å². The van der Waals surface area contributed by atoms with Gasteiger partial charge in [0.2, 0.25) is 15.0 Å². The van der Waals surface area contributed by atoms with Crippen LogP contribution in [-0.4, -0.2) is 29.6 Å². The zero-order valence-corrected chi connectivity index (χ0v) is 18.4. The molecule has 0 atom stereocenters. The molecule has 0 aliphatic rings. The number of sulfonamides is 1. The molecule has 0 fully saturated rings. The molecule has 150 valence electrons. The van der Waals surface area contributed by atoms with Crippen LogP contribution in [0.3, 0.4) is 0 Å². The van der Waals surface area contributed by atoms with E-state index in [1.54, 1.807) is 28.8 Å². The number of nitrogens with zero attached hydrogens (tertiary/aromatic N) is 3. The van der Waals surface area contributed by atoms with Gasteiger partial charge in [-0.05, 0) is 61.9 Å². The van der Waals surface area contributed by atoms with E-state index in [2.05, 4.69) is 14.8 Å². The highest BCUT2D eigenvalue weighted by molar-refractivity contribution is 7.89. The molecule has 2 aromatic heterocycles. The molecule has 4 rings (SSSR count). The van der Waals surface area contributed by atoms with Gasteiger partial charge in [0.1, 0.15) is 0 Å². The summed E-state index contributed by atoms with van der Waals surface area (Å²) in [6, 6.07) is 13.4. The molecule has 0 saturated carbocycles. The molecule has 4 aromatic rings. The Kier molecular flexibility index (Phi) is 5.63. The molecule has 6 nitrogen and oxygen atoms in total. The molecule has 0 saturated heterocycles. The standard InChI is InChI=1S/C19H16Cl2N4O2S2/c1-12-17(10-11-22-29(26,27)16-8-6-15(21)7-9-16)28-19-23-18(24-25(12)19)13-2-4-14(20)5-3-13/h2-9,22H,10-11H2,1H3. The van der Waals surface area contributed by atoms with Crippen molar-refractivity contribution in [3.63, 3.8) is 0 Å². The highest BCUT2D eigenvalue weighted by Crippen LogP contribution is 2.26. The number of hydrogen-bond acceptors (Lipinski definition) is 5. The van der Waals surface area contributed by atoms with Gasteiger partial charge >= 0.3 is 0 Å². The van der Waals surface area contributed by atoms with Crippen LogP contribution in [0.1, 0.15) is 10.6 Å². The van der Waals surface area contributed by atoms with Gasteiger partial charge in [-0.2, -0.15) is 4.98 Å². The van der Waals surface area contributed by atoms with Crippen molar-refractivity contribution >= 4 is 49.5 Å². The van der Waals surface area contributed by atoms with Crippen LogP contribution in [0.25, 0.3) is 16.3 Å². The molecule has 0 bridgehead atoms. The summed E-state index contributed by atoms with van der Waals surface area (Å²) in [6.45, 7) is 2.23. The van der Waals surface area contributed by atoms with Gasteiger partial charge in [0.25, 0.3) is 0 Å². The van der Waals surface area contributed by atoms with E-state index in [9.17, 15) is 8.42 Å². The van der Waals surface area contributed by atoms with Crippen molar-refractivity contribution in [3.8, 4) is 11.4 Å². The second-order valence-electron chi connectivity index (χ2n) is 6.35. The number of thiazole rings is 1. The van der Waals surface area contributed by atoms with Crippen LogP contribution in [-0.2, 0) is 16.4 Å². The topological polar surface area (TPSA) is 76.4 Å². The Balaban J connectivity index is 1.47. The minimum atomic E-state index is -3.58. The molecule has 0 radical (unpaired) electrons. The molecule has 0 amide bonds. The summed E-state index contributed by atoms with van der Waals surface area (Å²) in [7, 11) is -3.58. The number of benzene rings is 2. The van der Waals surface area contributed by atoms with Gasteiger partial charge in [0.15, 0.2) is 5.82 Å². The molecular formula is C19H16Cl2N4O2S2. The van der Waals surface area contributed by atoms with Crippen LogP contribution in [0.4, 0.5) is 0 Å². The van der Waals surface area contributed by atoms with Crippen molar-refractivity contribution in [3.05, 3.63) is 69.1 Å². The first-order valence-corrected chi connectivity index (χ1v) is 11.8. The molecule has 2 heterocycles. The summed E-state index contributed by atoms with van der Waals surface area (Å²) < 4.78 is 29.2. The van der Waals surface area contributed by atoms with Crippen molar-refractivity contribution in [2.75, 3.05) is 6.54 Å². The maximum Gasteiger partial charge on any atom is 0.240 e. The van der Waals surface area contributed by atoms with Crippen LogP contribution in [0.2, 0.25) is 10.0 Å². The average Bonchev–Trinajstić information content (AvgIpc) is 3.22. The monoisotopic (exact) mass is 466 g/mol. The number of hydrogen-bond donors (Lipinski definition) is 1. The fourth-order valence-corrected chi connectivity index (χ4v) is 5.17. The maximum absolute atomic E-state index is 12.4. The third-order valence-corrected chi connectivity index (χ3v) is 7.56. The molecule has 0 aliphatic carbocycles. The molecule has 0 unspecified atom stereocenters. The van der Waals surface area contributed by atoms with Crippen molar-refractivity contribution in [2.45, 2.75) is 18.2 Å². The summed E-state index contributed by atoms with van der Waals surface area (Å²) in [5, 5.41) is 5.72. The molecule has 0 aliphatic heterocycles. The van der Waals surface area contributed by atoms with E-state index >= 15 is 0 Å². The first-order valence-electron chi connectivity index (χ1n) is 8.70. The molecule has 29 heavy (non-hydrogen) atoms. The van der Waals surface area contributed by atoms with Crippen molar-refractivity contribution in [1.29, 1.82) is 0 Å². The Morgan fingerprint density at radius 2 is 1.66 bits per heavy atom. The van der Waals surface area contributed by atoms with Crippen molar-refractivity contribution < 1.29 is 8.42 Å². The number of rotatable bonds is 6. The van der Waals surface area contributed by atoms with E-state index in [0.717, 1.165) is 21.1 Å². The number of nitrogens with one attached hydrogen (secondary N) is 1. The zero-order valence-electron chi connectivity index (χ0n) is 15.3. The largest absolute Gasteiger partial charge is 0.240 e. The minimum Gasteiger partial charge on any atom is -0.211 e. The lowest BCUT2D eigenvalue weighted by Gasteiger charge is -2.06. The predicted molar refractivity (Wildman–Crippen MR) is 116 cm³/mol. The summed E-state index contributed by atoms with van der Waals surface area (Å²) in [4.78, 5) is 6.57. The van der Waals surface area contributed by atoms with E-state index < -0.39 is 10.0 Å². The highest BCUT2D eigenvalue weighted by Gasteiger charge is 2.17. The lowest BCUT2D eigenvalue weighted by Crippen LogP contribution is -2.25. The average molecular weight is 467 g/mol. The number of aromatic nitrogens is 3. The predicted octanol–water partition coefficient (Wildman–Crippen LogP) is 4.59. The van der Waals surface area contributed by atoms with Gasteiger partial charge in [-0.15, -0.1) is 5.10 Å². The summed E-state index contributed by atoms with van der Waals surface area (Å²) in [5.74, 6) is 0.631. The first-order chi connectivity index (χ1) is 13.8. The Hall–Kier alpha value is -1.97. The van der Waals surface area contributed by atoms with E-state index in [-0.39, 0.29) is 11.4 Å². The van der Waals surface area contributed by atoms with E-state index in [4.69, 9.17) is 23.2 Å². The smallest absolute Gasteiger partial charge is 0.211 e. The van der Waals surface area contributed by atoms with E-state index in [0.29, 0.717) is 22.3 Å². The van der Waals surface area contributed by atoms with Crippen LogP contribution in [0, 0.1) is 6.92 Å². The molecular weight excluding hydrogens is 451 g/mol. The third kappa shape index (κ3) is 4.31. The second-order valence-corrected chi connectivity index (χ2v) is 10.1. The van der Waals surface area contributed by atoms with Crippen molar-refractivity contribution in [2.24, 2.45) is 0 Å². The van der Waals surface area contributed by atoms with Crippen molar-refractivity contribution in [1.82, 2.24) is 19.3 Å². The summed E-state index contributed by atoms with van der Waals surface area (Å²) >= 11 is 13.2. The van der Waals surface area contributed by atoms with Gasteiger partial charge in [0, 0.05) is 27.0 Å².